The van der Waals surface area contributed by atoms with Gasteiger partial charge < -0.3 is 19.7 Å². The highest BCUT2D eigenvalue weighted by Crippen LogP contribution is 2.40. The molecule has 0 fully saturated rings. The Kier molecular flexibility index (Phi) is 8.77. The lowest BCUT2D eigenvalue weighted by Gasteiger charge is -2.18. The third-order valence-electron chi connectivity index (χ3n) is 8.06. The Labute approximate surface area is 266 Å². The number of carboxylic acids is 1. The van der Waals surface area contributed by atoms with Gasteiger partial charge in [0.05, 0.1) is 28.4 Å². The van der Waals surface area contributed by atoms with E-state index in [1.807, 2.05) is 63.7 Å². The molecule has 10 heteroatoms. The summed E-state index contributed by atoms with van der Waals surface area (Å²) in [6.07, 6.45) is 1.21. The van der Waals surface area contributed by atoms with Crippen molar-refractivity contribution in [3.8, 4) is 16.9 Å². The van der Waals surface area contributed by atoms with E-state index in [0.29, 0.717) is 35.9 Å². The van der Waals surface area contributed by atoms with Gasteiger partial charge in [-0.2, -0.15) is 5.10 Å². The van der Waals surface area contributed by atoms with Crippen LogP contribution in [0.3, 0.4) is 0 Å². The Morgan fingerprint density at radius 2 is 1.66 bits per heavy atom. The lowest BCUT2D eigenvalue weighted by Crippen LogP contribution is -2.27. The molecular formula is C34H34Cl2N4O4. The largest absolute Gasteiger partial charge is 0.494 e. The number of rotatable bonds is 9. The number of fused-ring (bicyclic) bond motifs is 1. The first-order chi connectivity index (χ1) is 20.9. The molecule has 1 amide bonds. The average molecular weight is 634 g/mol. The normalized spacial score (nSPS) is 11.3. The molecule has 5 aromatic rings. The molecule has 228 valence electrons. The lowest BCUT2D eigenvalue weighted by atomic mass is 9.98. The van der Waals surface area contributed by atoms with Gasteiger partial charge in [-0.3, -0.25) is 9.48 Å². The number of carbonyl (C=O) groups is 2. The van der Waals surface area contributed by atoms with Gasteiger partial charge in [-0.15, -0.1) is 0 Å². The summed E-state index contributed by atoms with van der Waals surface area (Å²) in [7, 11) is 3.56. The molecule has 0 atom stereocenters. The second-order valence-electron chi connectivity index (χ2n) is 11.0. The molecule has 8 nitrogen and oxygen atoms in total. The molecule has 0 aliphatic rings. The Morgan fingerprint density at radius 1 is 1.00 bits per heavy atom. The number of aromatic amines is 1. The quantitative estimate of drug-likeness (QED) is 0.160. The molecule has 0 unspecified atom stereocenters. The van der Waals surface area contributed by atoms with Crippen molar-refractivity contribution in [3.63, 3.8) is 0 Å². The maximum atomic E-state index is 14.1. The Balaban J connectivity index is 1.54. The van der Waals surface area contributed by atoms with Crippen molar-refractivity contribution < 1.29 is 19.4 Å². The Hall–Kier alpha value is -4.27. The van der Waals surface area contributed by atoms with E-state index in [1.165, 1.54) is 17.0 Å². The van der Waals surface area contributed by atoms with E-state index in [1.54, 1.807) is 19.2 Å². The van der Waals surface area contributed by atoms with Gasteiger partial charge in [-0.25, -0.2) is 4.79 Å². The fourth-order valence-electron chi connectivity index (χ4n) is 5.66. The summed E-state index contributed by atoms with van der Waals surface area (Å²) >= 11 is 13.2. The number of anilines is 1. The number of benzene rings is 3. The number of hydrogen-bond donors (Lipinski definition) is 2. The number of H-pyrrole nitrogens is 1. The number of aromatic nitrogens is 3. The first-order valence-corrected chi connectivity index (χ1v) is 15.0. The number of hydrogen-bond acceptors (Lipinski definition) is 4. The summed E-state index contributed by atoms with van der Waals surface area (Å²) in [6, 6.07) is 13.9. The minimum Gasteiger partial charge on any atom is -0.494 e. The van der Waals surface area contributed by atoms with Crippen LogP contribution in [0.2, 0.25) is 10.0 Å². The van der Waals surface area contributed by atoms with Gasteiger partial charge in [0.15, 0.2) is 0 Å². The average Bonchev–Trinajstić information content (AvgIpc) is 3.48. The maximum Gasteiger partial charge on any atom is 0.335 e. The molecule has 44 heavy (non-hydrogen) atoms. The van der Waals surface area contributed by atoms with Crippen molar-refractivity contribution in [2.24, 2.45) is 7.05 Å². The van der Waals surface area contributed by atoms with Gasteiger partial charge in [0.2, 0.25) is 0 Å². The Morgan fingerprint density at radius 3 is 2.25 bits per heavy atom. The molecule has 0 aliphatic carbocycles. The topological polar surface area (TPSA) is 100 Å². The number of nitrogens with zero attached hydrogens (tertiary/aromatic N) is 3. The van der Waals surface area contributed by atoms with Gasteiger partial charge in [0, 0.05) is 47.0 Å². The first kappa shape index (κ1) is 31.2. The number of carbonyl (C=O) groups excluding carboxylic acids is 1. The van der Waals surface area contributed by atoms with Crippen LogP contribution in [0, 0.1) is 27.7 Å². The van der Waals surface area contributed by atoms with Crippen molar-refractivity contribution in [1.82, 2.24) is 14.8 Å². The molecule has 2 N–H and O–H groups in total. The third-order valence-corrected chi connectivity index (χ3v) is 8.97. The summed E-state index contributed by atoms with van der Waals surface area (Å²) in [5, 5.41) is 16.1. The molecule has 0 saturated carbocycles. The summed E-state index contributed by atoms with van der Waals surface area (Å²) in [6.45, 7) is 8.28. The fraction of sp³-hybridized carbons (Fsp3) is 0.265. The number of amides is 1. The molecule has 0 spiro atoms. The first-order valence-electron chi connectivity index (χ1n) is 14.2. The van der Waals surface area contributed by atoms with Crippen molar-refractivity contribution in [3.05, 3.63) is 97.9 Å². The van der Waals surface area contributed by atoms with Crippen LogP contribution in [0.1, 0.15) is 55.3 Å². The molecule has 5 rings (SSSR count). The number of aryl methyl sites for hydroxylation is 5. The minimum atomic E-state index is -1.03. The zero-order valence-electron chi connectivity index (χ0n) is 25.5. The number of nitrogens with one attached hydrogen (secondary N) is 1. The number of halogens is 2. The van der Waals surface area contributed by atoms with Gasteiger partial charge >= 0.3 is 5.97 Å². The molecule has 3 aromatic carbocycles. The SMILES string of the molecule is Cc1cc(OCCCc2c(C(=O)N(C)c3ccc(C(=O)O)cc3)[nH]c3c(-c4c(C)nn(C)c4C)c(Cl)ccc23)cc(C)c1Cl. The standard InChI is InChI=1S/C34H34Cl2N4O4/c1-18-16-24(17-19(2)30(18)36)44-15-7-8-25-26-13-14-27(35)29(28-20(3)38-40(6)21(28)4)31(26)37-32(25)33(41)39(5)23-11-9-22(10-12-23)34(42)43/h9-14,16-17,37H,7-8,15H2,1-6H3,(H,42,43). The zero-order valence-corrected chi connectivity index (χ0v) is 27.0. The van der Waals surface area contributed by atoms with E-state index in [2.05, 4.69) is 10.1 Å². The summed E-state index contributed by atoms with van der Waals surface area (Å²) in [5.41, 5.74) is 8.18. The predicted molar refractivity (Wildman–Crippen MR) is 176 cm³/mol. The van der Waals surface area contributed by atoms with Gasteiger partial charge in [-0.05, 0) is 99.7 Å². The highest BCUT2D eigenvalue weighted by atomic mass is 35.5. The summed E-state index contributed by atoms with van der Waals surface area (Å²) in [5.74, 6) is -0.536. The lowest BCUT2D eigenvalue weighted by molar-refractivity contribution is 0.0696. The molecule has 0 saturated heterocycles. The number of aromatic carboxylic acids is 1. The molecular weight excluding hydrogens is 599 g/mol. The smallest absolute Gasteiger partial charge is 0.335 e. The molecule has 0 radical (unpaired) electrons. The van der Waals surface area contributed by atoms with Gasteiger partial charge in [0.25, 0.3) is 5.91 Å². The van der Waals surface area contributed by atoms with Crippen LogP contribution in [0.25, 0.3) is 22.0 Å². The highest BCUT2D eigenvalue weighted by Gasteiger charge is 2.26. The molecule has 0 bridgehead atoms. The van der Waals surface area contributed by atoms with Crippen LogP contribution in [0.4, 0.5) is 5.69 Å². The van der Waals surface area contributed by atoms with Crippen LogP contribution in [-0.4, -0.2) is 45.4 Å². The monoisotopic (exact) mass is 632 g/mol. The minimum absolute atomic E-state index is 0.147. The van der Waals surface area contributed by atoms with Crippen LogP contribution in [0.15, 0.2) is 48.5 Å². The summed E-state index contributed by atoms with van der Waals surface area (Å²) in [4.78, 5) is 30.4. The van der Waals surface area contributed by atoms with Gasteiger partial charge in [0.1, 0.15) is 11.4 Å². The van der Waals surface area contributed by atoms with Crippen molar-refractivity contribution in [2.45, 2.75) is 40.5 Å². The van der Waals surface area contributed by atoms with E-state index in [0.717, 1.165) is 60.9 Å². The van der Waals surface area contributed by atoms with Crippen molar-refractivity contribution in [1.29, 1.82) is 0 Å². The second kappa shape index (κ2) is 12.4. The third kappa shape index (κ3) is 5.79. The van der Waals surface area contributed by atoms with E-state index < -0.39 is 5.97 Å². The van der Waals surface area contributed by atoms with Crippen LogP contribution >= 0.6 is 23.2 Å². The predicted octanol–water partition coefficient (Wildman–Crippen LogP) is 8.10. The van der Waals surface area contributed by atoms with Crippen molar-refractivity contribution >= 4 is 51.7 Å². The molecule has 0 aliphatic heterocycles. The molecule has 2 heterocycles. The van der Waals surface area contributed by atoms with E-state index in [4.69, 9.17) is 27.9 Å². The highest BCUT2D eigenvalue weighted by molar-refractivity contribution is 6.35. The Bertz CT molecular complexity index is 1880. The van der Waals surface area contributed by atoms with Crippen LogP contribution in [-0.2, 0) is 13.5 Å². The number of carboxylic acid groups (broad SMARTS) is 1. The van der Waals surface area contributed by atoms with Crippen LogP contribution < -0.4 is 9.64 Å². The maximum absolute atomic E-state index is 14.1. The van der Waals surface area contributed by atoms with Crippen LogP contribution in [0.5, 0.6) is 5.75 Å². The zero-order chi connectivity index (χ0) is 31.9. The van der Waals surface area contributed by atoms with E-state index in [-0.39, 0.29) is 11.5 Å². The summed E-state index contributed by atoms with van der Waals surface area (Å²) < 4.78 is 7.90. The second-order valence-corrected chi connectivity index (χ2v) is 11.8. The molecule has 2 aromatic heterocycles. The van der Waals surface area contributed by atoms with Gasteiger partial charge in [-0.1, -0.05) is 29.3 Å². The van der Waals surface area contributed by atoms with Crippen molar-refractivity contribution in [2.75, 3.05) is 18.6 Å². The van der Waals surface area contributed by atoms with E-state index in [9.17, 15) is 14.7 Å². The fourth-order valence-corrected chi connectivity index (χ4v) is 6.02. The van der Waals surface area contributed by atoms with E-state index >= 15 is 0 Å². The number of ether oxygens (including phenoxy) is 1.